The highest BCUT2D eigenvalue weighted by Crippen LogP contribution is 2.34. The van der Waals surface area contributed by atoms with Crippen LogP contribution in [0.2, 0.25) is 0 Å². The van der Waals surface area contributed by atoms with Crippen LogP contribution in [0.25, 0.3) is 0 Å². The number of hydrogen-bond donors (Lipinski definition) is 1. The molecule has 1 aromatic carbocycles. The Hall–Kier alpha value is -2.16. The van der Waals surface area contributed by atoms with Gasteiger partial charge in [-0.2, -0.15) is 0 Å². The Morgan fingerprint density at radius 2 is 1.91 bits per heavy atom. The second-order valence-electron chi connectivity index (χ2n) is 4.54. The van der Waals surface area contributed by atoms with Crippen LogP contribution in [0.4, 0.5) is 18.9 Å². The van der Waals surface area contributed by atoms with Crippen LogP contribution in [0.15, 0.2) is 12.1 Å². The van der Waals surface area contributed by atoms with Gasteiger partial charge in [0.25, 0.3) is 5.91 Å². The smallest absolute Gasteiger partial charge is 0.495 e. The van der Waals surface area contributed by atoms with E-state index in [9.17, 15) is 18.0 Å². The summed E-state index contributed by atoms with van der Waals surface area (Å²) in [6.45, 7) is 1.23. The molecule has 9 heteroatoms. The second-order valence-corrected chi connectivity index (χ2v) is 4.54. The number of anilines is 1. The molecule has 0 aromatic heterocycles. The average molecular weight is 320 g/mol. The van der Waals surface area contributed by atoms with Crippen molar-refractivity contribution in [3.8, 4) is 11.5 Å². The fourth-order valence-electron chi connectivity index (χ4n) is 2.07. The van der Waals surface area contributed by atoms with Gasteiger partial charge in [0, 0.05) is 19.2 Å². The summed E-state index contributed by atoms with van der Waals surface area (Å²) in [4.78, 5) is 13.8. The third kappa shape index (κ3) is 3.73. The van der Waals surface area contributed by atoms with E-state index in [1.165, 1.54) is 12.0 Å². The Kier molecular flexibility index (Phi) is 4.65. The van der Waals surface area contributed by atoms with E-state index in [0.717, 1.165) is 12.1 Å². The Balaban J connectivity index is 2.39. The van der Waals surface area contributed by atoms with E-state index in [2.05, 4.69) is 4.74 Å². The molecule has 1 aliphatic heterocycles. The molecule has 0 radical (unpaired) electrons. The van der Waals surface area contributed by atoms with Crippen LogP contribution < -0.4 is 15.2 Å². The van der Waals surface area contributed by atoms with Crippen molar-refractivity contribution >= 4 is 11.6 Å². The molecule has 1 aliphatic rings. The molecular weight excluding hydrogens is 305 g/mol. The zero-order chi connectivity index (χ0) is 16.3. The fourth-order valence-corrected chi connectivity index (χ4v) is 2.07. The van der Waals surface area contributed by atoms with Gasteiger partial charge in [-0.15, -0.1) is 13.2 Å². The maximum atomic E-state index is 12.5. The molecular formula is C13H15F3N2O4. The maximum absolute atomic E-state index is 12.5. The lowest BCUT2D eigenvalue weighted by Crippen LogP contribution is -2.41. The van der Waals surface area contributed by atoms with Gasteiger partial charge in [0.2, 0.25) is 0 Å². The SMILES string of the molecule is COc1cc(C(=O)N2CCOCC2)c(OC(F)(F)F)cc1N. The van der Waals surface area contributed by atoms with Gasteiger partial charge in [-0.3, -0.25) is 4.79 Å². The number of nitrogen functional groups attached to an aromatic ring is 1. The Morgan fingerprint density at radius 1 is 1.27 bits per heavy atom. The van der Waals surface area contributed by atoms with Crippen molar-refractivity contribution < 1.29 is 32.2 Å². The van der Waals surface area contributed by atoms with Crippen LogP contribution in [-0.4, -0.2) is 50.6 Å². The van der Waals surface area contributed by atoms with E-state index >= 15 is 0 Å². The lowest BCUT2D eigenvalue weighted by atomic mass is 10.1. The number of hydrogen-bond acceptors (Lipinski definition) is 5. The summed E-state index contributed by atoms with van der Waals surface area (Å²) < 4.78 is 51.5. The van der Waals surface area contributed by atoms with Crippen molar-refractivity contribution in [3.63, 3.8) is 0 Å². The van der Waals surface area contributed by atoms with Crippen molar-refractivity contribution in [2.75, 3.05) is 39.1 Å². The molecule has 122 valence electrons. The number of methoxy groups -OCH3 is 1. The Bertz CT molecular complexity index is 557. The Labute approximate surface area is 124 Å². The van der Waals surface area contributed by atoms with Gasteiger partial charge in [-0.1, -0.05) is 0 Å². The molecule has 1 amide bonds. The first-order chi connectivity index (χ1) is 10.3. The minimum atomic E-state index is -4.93. The molecule has 22 heavy (non-hydrogen) atoms. The monoisotopic (exact) mass is 320 g/mol. The summed E-state index contributed by atoms with van der Waals surface area (Å²) in [5.41, 5.74) is 5.27. The molecule has 0 bridgehead atoms. The van der Waals surface area contributed by atoms with Gasteiger partial charge in [0.05, 0.1) is 31.6 Å². The van der Waals surface area contributed by atoms with E-state index in [4.69, 9.17) is 15.2 Å². The number of halogens is 3. The van der Waals surface area contributed by atoms with Crippen molar-refractivity contribution in [1.82, 2.24) is 4.90 Å². The number of alkyl halides is 3. The molecule has 1 fully saturated rings. The number of nitrogens with two attached hydrogens (primary N) is 1. The van der Waals surface area contributed by atoms with E-state index in [1.807, 2.05) is 0 Å². The largest absolute Gasteiger partial charge is 0.573 e. The van der Waals surface area contributed by atoms with Crippen molar-refractivity contribution in [2.24, 2.45) is 0 Å². The molecule has 0 saturated carbocycles. The zero-order valence-electron chi connectivity index (χ0n) is 11.8. The van der Waals surface area contributed by atoms with Crippen LogP contribution in [0.5, 0.6) is 11.5 Å². The molecule has 0 unspecified atom stereocenters. The molecule has 0 aliphatic carbocycles. The second kappa shape index (κ2) is 6.30. The highest BCUT2D eigenvalue weighted by atomic mass is 19.4. The minimum Gasteiger partial charge on any atom is -0.495 e. The normalized spacial score (nSPS) is 15.5. The van der Waals surface area contributed by atoms with E-state index in [-0.39, 0.29) is 30.1 Å². The number of rotatable bonds is 3. The maximum Gasteiger partial charge on any atom is 0.573 e. The van der Waals surface area contributed by atoms with Gasteiger partial charge in [-0.25, -0.2) is 0 Å². The van der Waals surface area contributed by atoms with E-state index < -0.39 is 18.0 Å². The number of ether oxygens (including phenoxy) is 3. The average Bonchev–Trinajstić information content (AvgIpc) is 2.46. The van der Waals surface area contributed by atoms with Crippen LogP contribution in [0, 0.1) is 0 Å². The summed E-state index contributed by atoms with van der Waals surface area (Å²) in [5.74, 6) is -1.14. The van der Waals surface area contributed by atoms with Gasteiger partial charge in [0.15, 0.2) is 0 Å². The predicted molar refractivity (Wildman–Crippen MR) is 70.8 cm³/mol. The van der Waals surface area contributed by atoms with Crippen molar-refractivity contribution in [2.45, 2.75) is 6.36 Å². The molecule has 1 saturated heterocycles. The number of carbonyl (C=O) groups is 1. The molecule has 6 nitrogen and oxygen atoms in total. The van der Waals surface area contributed by atoms with Crippen molar-refractivity contribution in [1.29, 1.82) is 0 Å². The Morgan fingerprint density at radius 3 is 2.45 bits per heavy atom. The standard InChI is InChI=1S/C13H15F3N2O4/c1-20-11-6-8(12(19)18-2-4-21-5-3-18)10(7-9(11)17)22-13(14,15)16/h6-7H,2-5,17H2,1H3. The van der Waals surface area contributed by atoms with Crippen LogP contribution in [0.1, 0.15) is 10.4 Å². The molecule has 1 heterocycles. The highest BCUT2D eigenvalue weighted by Gasteiger charge is 2.34. The summed E-state index contributed by atoms with van der Waals surface area (Å²) in [6.07, 6.45) is -4.93. The van der Waals surface area contributed by atoms with Crippen molar-refractivity contribution in [3.05, 3.63) is 17.7 Å². The number of morpholine rings is 1. The highest BCUT2D eigenvalue weighted by molar-refractivity contribution is 5.98. The minimum absolute atomic E-state index is 0.0553. The summed E-state index contributed by atoms with van der Waals surface area (Å²) >= 11 is 0. The summed E-state index contributed by atoms with van der Waals surface area (Å²) in [5, 5.41) is 0. The molecule has 0 spiro atoms. The van der Waals surface area contributed by atoms with Gasteiger partial charge in [-0.05, 0) is 6.07 Å². The van der Waals surface area contributed by atoms with Gasteiger partial charge >= 0.3 is 6.36 Å². The van der Waals surface area contributed by atoms with Crippen LogP contribution in [0.3, 0.4) is 0 Å². The first-order valence-corrected chi connectivity index (χ1v) is 6.42. The zero-order valence-corrected chi connectivity index (χ0v) is 11.8. The van der Waals surface area contributed by atoms with Crippen LogP contribution in [-0.2, 0) is 4.74 Å². The first-order valence-electron chi connectivity index (χ1n) is 6.42. The van der Waals surface area contributed by atoms with E-state index in [1.54, 1.807) is 0 Å². The summed E-state index contributed by atoms with van der Waals surface area (Å²) in [7, 11) is 1.30. The van der Waals surface area contributed by atoms with Crippen LogP contribution >= 0.6 is 0 Å². The number of nitrogens with zero attached hydrogens (tertiary/aromatic N) is 1. The molecule has 2 rings (SSSR count). The molecule has 0 atom stereocenters. The fraction of sp³-hybridized carbons (Fsp3) is 0.462. The van der Waals surface area contributed by atoms with Gasteiger partial charge in [0.1, 0.15) is 11.5 Å². The topological polar surface area (TPSA) is 74.0 Å². The van der Waals surface area contributed by atoms with E-state index in [0.29, 0.717) is 13.2 Å². The first kappa shape index (κ1) is 16.2. The predicted octanol–water partition coefficient (Wildman–Crippen LogP) is 1.65. The summed E-state index contributed by atoms with van der Waals surface area (Å²) in [6, 6.07) is 2.08. The van der Waals surface area contributed by atoms with Gasteiger partial charge < -0.3 is 24.8 Å². The lowest BCUT2D eigenvalue weighted by molar-refractivity contribution is -0.274. The number of amides is 1. The number of carbonyl (C=O) groups excluding carboxylic acids is 1. The molecule has 2 N–H and O–H groups in total. The lowest BCUT2D eigenvalue weighted by Gasteiger charge is -2.27. The third-order valence-electron chi connectivity index (χ3n) is 3.09. The molecule has 1 aromatic rings. The quantitative estimate of drug-likeness (QED) is 0.857. The number of benzene rings is 1. The third-order valence-corrected chi connectivity index (χ3v) is 3.09.